The SMILES string of the molecule is CCCNc1ncc(C(=O)NCCc2cccc(OC)c2)cn1. The van der Waals surface area contributed by atoms with Gasteiger partial charge in [0.2, 0.25) is 5.95 Å². The summed E-state index contributed by atoms with van der Waals surface area (Å²) in [5.74, 6) is 1.19. The fourth-order valence-corrected chi connectivity index (χ4v) is 2.02. The van der Waals surface area contributed by atoms with Crippen molar-refractivity contribution in [2.75, 3.05) is 25.5 Å². The zero-order valence-corrected chi connectivity index (χ0v) is 13.5. The van der Waals surface area contributed by atoms with E-state index in [9.17, 15) is 4.79 Å². The first-order valence-corrected chi connectivity index (χ1v) is 7.70. The van der Waals surface area contributed by atoms with Crippen LogP contribution in [-0.4, -0.2) is 36.1 Å². The Morgan fingerprint density at radius 3 is 2.70 bits per heavy atom. The van der Waals surface area contributed by atoms with Gasteiger partial charge in [-0.1, -0.05) is 19.1 Å². The van der Waals surface area contributed by atoms with Crippen LogP contribution in [0.15, 0.2) is 36.7 Å². The van der Waals surface area contributed by atoms with Crippen molar-refractivity contribution in [3.63, 3.8) is 0 Å². The van der Waals surface area contributed by atoms with Gasteiger partial charge < -0.3 is 15.4 Å². The Morgan fingerprint density at radius 2 is 2.00 bits per heavy atom. The molecular weight excluding hydrogens is 292 g/mol. The van der Waals surface area contributed by atoms with Crippen molar-refractivity contribution in [1.29, 1.82) is 0 Å². The Bertz CT molecular complexity index is 629. The van der Waals surface area contributed by atoms with Gasteiger partial charge in [-0.2, -0.15) is 0 Å². The van der Waals surface area contributed by atoms with Crippen LogP contribution < -0.4 is 15.4 Å². The molecule has 0 aliphatic rings. The zero-order chi connectivity index (χ0) is 16.5. The van der Waals surface area contributed by atoms with Crippen LogP contribution in [0.2, 0.25) is 0 Å². The largest absolute Gasteiger partial charge is 0.497 e. The van der Waals surface area contributed by atoms with Crippen molar-refractivity contribution >= 4 is 11.9 Å². The molecule has 1 heterocycles. The molecule has 0 atom stereocenters. The summed E-state index contributed by atoms with van der Waals surface area (Å²) >= 11 is 0. The first-order valence-electron chi connectivity index (χ1n) is 7.70. The third kappa shape index (κ3) is 5.25. The van der Waals surface area contributed by atoms with E-state index in [1.807, 2.05) is 24.3 Å². The molecular formula is C17H22N4O2. The van der Waals surface area contributed by atoms with Crippen LogP contribution in [0.1, 0.15) is 29.3 Å². The molecule has 0 aliphatic heterocycles. The van der Waals surface area contributed by atoms with E-state index < -0.39 is 0 Å². The fraction of sp³-hybridized carbons (Fsp3) is 0.353. The average molecular weight is 314 g/mol. The standard InChI is InChI=1S/C17H22N4O2/c1-3-8-19-17-20-11-14(12-21-17)16(22)18-9-7-13-5-4-6-15(10-13)23-2/h4-6,10-12H,3,7-9H2,1-2H3,(H,18,22)(H,19,20,21). The van der Waals surface area contributed by atoms with Crippen LogP contribution in [0.3, 0.4) is 0 Å². The number of nitrogens with zero attached hydrogens (tertiary/aromatic N) is 2. The Kier molecular flexibility index (Phi) is 6.35. The van der Waals surface area contributed by atoms with E-state index in [1.54, 1.807) is 7.11 Å². The van der Waals surface area contributed by atoms with Gasteiger partial charge in [-0.3, -0.25) is 4.79 Å². The average Bonchev–Trinajstić information content (AvgIpc) is 2.60. The second-order valence-corrected chi connectivity index (χ2v) is 5.08. The lowest BCUT2D eigenvalue weighted by molar-refractivity contribution is 0.0953. The molecule has 1 aromatic carbocycles. The summed E-state index contributed by atoms with van der Waals surface area (Å²) < 4.78 is 5.18. The summed E-state index contributed by atoms with van der Waals surface area (Å²) in [5.41, 5.74) is 1.57. The second kappa shape index (κ2) is 8.73. The first-order chi connectivity index (χ1) is 11.2. The normalized spacial score (nSPS) is 10.2. The topological polar surface area (TPSA) is 76.1 Å². The predicted octanol–water partition coefficient (Wildman–Crippen LogP) is 2.28. The number of ether oxygens (including phenoxy) is 1. The molecule has 1 aromatic heterocycles. The lowest BCUT2D eigenvalue weighted by atomic mass is 10.1. The van der Waals surface area contributed by atoms with E-state index in [0.29, 0.717) is 18.1 Å². The van der Waals surface area contributed by atoms with Crippen molar-refractivity contribution in [3.05, 3.63) is 47.8 Å². The van der Waals surface area contributed by atoms with Crippen LogP contribution in [0.25, 0.3) is 0 Å². The van der Waals surface area contributed by atoms with E-state index >= 15 is 0 Å². The number of nitrogens with one attached hydrogen (secondary N) is 2. The molecule has 0 unspecified atom stereocenters. The highest BCUT2D eigenvalue weighted by Crippen LogP contribution is 2.12. The molecule has 2 aromatic rings. The number of hydrogen-bond acceptors (Lipinski definition) is 5. The van der Waals surface area contributed by atoms with Gasteiger partial charge in [0.05, 0.1) is 12.7 Å². The Morgan fingerprint density at radius 1 is 1.22 bits per heavy atom. The lowest BCUT2D eigenvalue weighted by Crippen LogP contribution is -2.26. The smallest absolute Gasteiger partial charge is 0.254 e. The summed E-state index contributed by atoms with van der Waals surface area (Å²) in [4.78, 5) is 20.3. The molecule has 2 N–H and O–H groups in total. The van der Waals surface area contributed by atoms with Gasteiger partial charge in [-0.25, -0.2) is 9.97 Å². The molecule has 2 rings (SSSR count). The Labute approximate surface area is 136 Å². The molecule has 0 radical (unpaired) electrons. The number of carbonyl (C=O) groups excluding carboxylic acids is 1. The van der Waals surface area contributed by atoms with Gasteiger partial charge in [0.15, 0.2) is 0 Å². The van der Waals surface area contributed by atoms with E-state index in [4.69, 9.17) is 4.74 Å². The number of anilines is 1. The van der Waals surface area contributed by atoms with Gasteiger partial charge in [-0.15, -0.1) is 0 Å². The molecule has 0 bridgehead atoms. The fourth-order valence-electron chi connectivity index (χ4n) is 2.02. The molecule has 0 fully saturated rings. The third-order valence-corrected chi connectivity index (χ3v) is 3.28. The summed E-state index contributed by atoms with van der Waals surface area (Å²) in [5, 5.41) is 5.94. The summed E-state index contributed by atoms with van der Waals surface area (Å²) in [6, 6.07) is 7.80. The molecule has 0 aliphatic carbocycles. The summed E-state index contributed by atoms with van der Waals surface area (Å²) in [6.07, 6.45) is 4.80. The highest BCUT2D eigenvalue weighted by Gasteiger charge is 2.06. The monoisotopic (exact) mass is 314 g/mol. The molecule has 0 saturated heterocycles. The van der Waals surface area contributed by atoms with E-state index in [2.05, 4.69) is 27.5 Å². The summed E-state index contributed by atoms with van der Waals surface area (Å²) in [7, 11) is 1.64. The van der Waals surface area contributed by atoms with Gasteiger partial charge in [0, 0.05) is 25.5 Å². The Hall–Kier alpha value is -2.63. The molecule has 6 heteroatoms. The maximum Gasteiger partial charge on any atom is 0.254 e. The summed E-state index contributed by atoms with van der Waals surface area (Å²) in [6.45, 7) is 3.42. The van der Waals surface area contributed by atoms with Crippen molar-refractivity contribution in [3.8, 4) is 5.75 Å². The van der Waals surface area contributed by atoms with E-state index in [-0.39, 0.29) is 5.91 Å². The number of benzene rings is 1. The zero-order valence-electron chi connectivity index (χ0n) is 13.5. The van der Waals surface area contributed by atoms with Gasteiger partial charge in [0.1, 0.15) is 5.75 Å². The number of hydrogen-bond donors (Lipinski definition) is 2. The minimum Gasteiger partial charge on any atom is -0.497 e. The van der Waals surface area contributed by atoms with Gasteiger partial charge in [0.25, 0.3) is 5.91 Å². The number of rotatable bonds is 8. The quantitative estimate of drug-likeness (QED) is 0.782. The van der Waals surface area contributed by atoms with Crippen molar-refractivity contribution in [1.82, 2.24) is 15.3 Å². The van der Waals surface area contributed by atoms with Crippen LogP contribution >= 0.6 is 0 Å². The van der Waals surface area contributed by atoms with Crippen molar-refractivity contribution in [2.24, 2.45) is 0 Å². The molecule has 23 heavy (non-hydrogen) atoms. The maximum absolute atomic E-state index is 12.0. The van der Waals surface area contributed by atoms with Crippen molar-refractivity contribution in [2.45, 2.75) is 19.8 Å². The minimum absolute atomic E-state index is 0.171. The first kappa shape index (κ1) is 16.7. The number of carbonyl (C=O) groups is 1. The molecule has 0 spiro atoms. The molecule has 6 nitrogen and oxygen atoms in total. The van der Waals surface area contributed by atoms with Gasteiger partial charge >= 0.3 is 0 Å². The number of amides is 1. The van der Waals surface area contributed by atoms with E-state index in [0.717, 1.165) is 30.7 Å². The van der Waals surface area contributed by atoms with Crippen LogP contribution in [-0.2, 0) is 6.42 Å². The van der Waals surface area contributed by atoms with Crippen LogP contribution in [0.5, 0.6) is 5.75 Å². The Balaban J connectivity index is 1.82. The number of aromatic nitrogens is 2. The van der Waals surface area contributed by atoms with Crippen LogP contribution in [0, 0.1) is 0 Å². The highest BCUT2D eigenvalue weighted by atomic mass is 16.5. The molecule has 122 valence electrons. The second-order valence-electron chi connectivity index (χ2n) is 5.08. The van der Waals surface area contributed by atoms with E-state index in [1.165, 1.54) is 12.4 Å². The maximum atomic E-state index is 12.0. The minimum atomic E-state index is -0.171. The van der Waals surface area contributed by atoms with Crippen molar-refractivity contribution < 1.29 is 9.53 Å². The lowest BCUT2D eigenvalue weighted by Gasteiger charge is -2.07. The highest BCUT2D eigenvalue weighted by molar-refractivity contribution is 5.93. The molecule has 0 saturated carbocycles. The molecule has 1 amide bonds. The van der Waals surface area contributed by atoms with Crippen LogP contribution in [0.4, 0.5) is 5.95 Å². The number of methoxy groups -OCH3 is 1. The predicted molar refractivity (Wildman–Crippen MR) is 89.8 cm³/mol. The van der Waals surface area contributed by atoms with Gasteiger partial charge in [-0.05, 0) is 30.5 Å². The third-order valence-electron chi connectivity index (χ3n) is 3.28.